The summed E-state index contributed by atoms with van der Waals surface area (Å²) >= 11 is 0. The van der Waals surface area contributed by atoms with Crippen molar-refractivity contribution >= 4 is 11.6 Å². The molecule has 0 saturated carbocycles. The Morgan fingerprint density at radius 3 is 2.52 bits per heavy atom. The molecule has 2 atom stereocenters. The maximum atomic E-state index is 12.6. The minimum Gasteiger partial charge on any atom is -0.490 e. The van der Waals surface area contributed by atoms with Crippen molar-refractivity contribution in [2.24, 2.45) is 0 Å². The van der Waals surface area contributed by atoms with Crippen LogP contribution in [0.3, 0.4) is 0 Å². The largest absolute Gasteiger partial charge is 0.490 e. The minimum absolute atomic E-state index is 0.101. The van der Waals surface area contributed by atoms with Crippen LogP contribution < -0.4 is 10.1 Å². The van der Waals surface area contributed by atoms with Gasteiger partial charge in [-0.1, -0.05) is 20.3 Å². The Bertz CT molecular complexity index is 507. The Balaban J connectivity index is 2.84. The zero-order chi connectivity index (χ0) is 17.5. The number of benzene rings is 1. The van der Waals surface area contributed by atoms with E-state index in [1.165, 1.54) is 0 Å². The molecule has 130 valence electrons. The van der Waals surface area contributed by atoms with Gasteiger partial charge in [0, 0.05) is 12.3 Å². The van der Waals surface area contributed by atoms with Crippen molar-refractivity contribution in [3.63, 3.8) is 0 Å². The molecule has 0 aromatic heterocycles. The van der Waals surface area contributed by atoms with Gasteiger partial charge in [0.2, 0.25) is 0 Å². The number of carbonyl (C=O) groups is 1. The van der Waals surface area contributed by atoms with Gasteiger partial charge in [-0.25, -0.2) is 0 Å². The van der Waals surface area contributed by atoms with Crippen molar-refractivity contribution in [1.29, 1.82) is 0 Å². The van der Waals surface area contributed by atoms with Crippen molar-refractivity contribution in [2.45, 2.75) is 72.5 Å². The molecule has 0 unspecified atom stereocenters. The van der Waals surface area contributed by atoms with Crippen LogP contribution >= 0.6 is 0 Å². The zero-order valence-electron chi connectivity index (χ0n) is 15.4. The lowest BCUT2D eigenvalue weighted by atomic mass is 9.99. The van der Waals surface area contributed by atoms with Crippen molar-refractivity contribution < 1.29 is 14.3 Å². The zero-order valence-corrected chi connectivity index (χ0v) is 15.4. The number of aryl methyl sites for hydroxylation is 1. The van der Waals surface area contributed by atoms with Crippen LogP contribution in [0, 0.1) is 6.92 Å². The second-order valence-electron chi connectivity index (χ2n) is 6.18. The van der Waals surface area contributed by atoms with Gasteiger partial charge in [0.15, 0.2) is 0 Å². The molecule has 4 nitrogen and oxygen atoms in total. The predicted molar refractivity (Wildman–Crippen MR) is 95.1 cm³/mol. The van der Waals surface area contributed by atoms with E-state index in [0.29, 0.717) is 13.0 Å². The van der Waals surface area contributed by atoms with Crippen LogP contribution in [0.25, 0.3) is 0 Å². The third-order valence-electron chi connectivity index (χ3n) is 4.01. The van der Waals surface area contributed by atoms with Gasteiger partial charge in [-0.15, -0.1) is 0 Å². The first-order valence-corrected chi connectivity index (χ1v) is 8.59. The SMILES string of the molecule is CCC[C@](C)(OCC)C(=O)Nc1ccc(O[C@@H](C)CC)c(C)c1. The molecule has 23 heavy (non-hydrogen) atoms. The molecule has 1 rings (SSSR count). The fourth-order valence-electron chi connectivity index (χ4n) is 2.47. The Kier molecular flexibility index (Phi) is 7.56. The van der Waals surface area contributed by atoms with Crippen molar-refractivity contribution in [3.8, 4) is 5.75 Å². The lowest BCUT2D eigenvalue weighted by Gasteiger charge is -2.28. The number of rotatable bonds is 9. The van der Waals surface area contributed by atoms with E-state index in [9.17, 15) is 4.79 Å². The normalized spacial score (nSPS) is 14.9. The average Bonchev–Trinajstić information content (AvgIpc) is 2.50. The molecule has 4 heteroatoms. The third-order valence-corrected chi connectivity index (χ3v) is 4.01. The van der Waals surface area contributed by atoms with E-state index >= 15 is 0 Å². The first-order valence-electron chi connectivity index (χ1n) is 8.59. The van der Waals surface area contributed by atoms with Crippen LogP contribution in [0.5, 0.6) is 5.75 Å². The van der Waals surface area contributed by atoms with Gasteiger partial charge in [-0.3, -0.25) is 4.79 Å². The molecular formula is C19H31NO3. The van der Waals surface area contributed by atoms with E-state index in [2.05, 4.69) is 19.2 Å². The second kappa shape index (κ2) is 8.92. The van der Waals surface area contributed by atoms with Crippen LogP contribution in [-0.2, 0) is 9.53 Å². The van der Waals surface area contributed by atoms with Gasteiger partial charge in [-0.05, 0) is 64.3 Å². The fourth-order valence-corrected chi connectivity index (χ4v) is 2.47. The highest BCUT2D eigenvalue weighted by atomic mass is 16.5. The molecule has 0 saturated heterocycles. The Morgan fingerprint density at radius 1 is 1.30 bits per heavy atom. The standard InChI is InChI=1S/C19H31NO3/c1-7-12-19(6,22-9-3)18(21)20-16-10-11-17(14(4)13-16)23-15(5)8-2/h10-11,13,15H,7-9,12H2,1-6H3,(H,20,21)/t15-,19-/m0/s1. The van der Waals surface area contributed by atoms with Crippen LogP contribution in [-0.4, -0.2) is 24.2 Å². The molecule has 1 aromatic carbocycles. The van der Waals surface area contributed by atoms with E-state index in [1.807, 2.05) is 45.9 Å². The van der Waals surface area contributed by atoms with Gasteiger partial charge in [0.05, 0.1) is 6.10 Å². The lowest BCUT2D eigenvalue weighted by molar-refractivity contribution is -0.139. The van der Waals surface area contributed by atoms with E-state index in [4.69, 9.17) is 9.47 Å². The van der Waals surface area contributed by atoms with Crippen LogP contribution in [0.2, 0.25) is 0 Å². The average molecular weight is 321 g/mol. The summed E-state index contributed by atoms with van der Waals surface area (Å²) in [5, 5.41) is 2.97. The van der Waals surface area contributed by atoms with Gasteiger partial charge in [0.1, 0.15) is 11.4 Å². The predicted octanol–water partition coefficient (Wildman–Crippen LogP) is 4.71. The van der Waals surface area contributed by atoms with Crippen LogP contribution in [0.4, 0.5) is 5.69 Å². The summed E-state index contributed by atoms with van der Waals surface area (Å²) in [4.78, 5) is 12.6. The third kappa shape index (κ3) is 5.54. The number of ether oxygens (including phenoxy) is 2. The summed E-state index contributed by atoms with van der Waals surface area (Å²) in [5.74, 6) is 0.759. The van der Waals surface area contributed by atoms with E-state index in [1.54, 1.807) is 0 Å². The van der Waals surface area contributed by atoms with Gasteiger partial charge < -0.3 is 14.8 Å². The molecule has 1 N–H and O–H groups in total. The number of amides is 1. The van der Waals surface area contributed by atoms with E-state index in [0.717, 1.165) is 29.8 Å². The van der Waals surface area contributed by atoms with Gasteiger partial charge in [0.25, 0.3) is 5.91 Å². The fraction of sp³-hybridized carbons (Fsp3) is 0.632. The Morgan fingerprint density at radius 2 is 2.00 bits per heavy atom. The minimum atomic E-state index is -0.788. The van der Waals surface area contributed by atoms with E-state index in [-0.39, 0.29) is 12.0 Å². The number of hydrogen-bond acceptors (Lipinski definition) is 3. The van der Waals surface area contributed by atoms with Crippen molar-refractivity contribution in [3.05, 3.63) is 23.8 Å². The summed E-state index contributed by atoms with van der Waals surface area (Å²) in [6, 6.07) is 5.73. The topological polar surface area (TPSA) is 47.6 Å². The van der Waals surface area contributed by atoms with Crippen LogP contribution in [0.1, 0.15) is 59.4 Å². The summed E-state index contributed by atoms with van der Waals surface area (Å²) in [6.07, 6.45) is 2.73. The Hall–Kier alpha value is -1.55. The smallest absolute Gasteiger partial charge is 0.256 e. The summed E-state index contributed by atoms with van der Waals surface area (Å²) in [6.45, 7) is 12.5. The first-order chi connectivity index (χ1) is 10.9. The summed E-state index contributed by atoms with van der Waals surface area (Å²) in [7, 11) is 0. The molecule has 0 aliphatic rings. The molecular weight excluding hydrogens is 290 g/mol. The lowest BCUT2D eigenvalue weighted by Crippen LogP contribution is -2.42. The molecule has 0 aliphatic heterocycles. The molecule has 1 amide bonds. The number of nitrogens with one attached hydrogen (secondary N) is 1. The molecule has 0 heterocycles. The molecule has 0 radical (unpaired) electrons. The maximum Gasteiger partial charge on any atom is 0.256 e. The maximum absolute atomic E-state index is 12.6. The first kappa shape index (κ1) is 19.5. The highest BCUT2D eigenvalue weighted by molar-refractivity contribution is 5.97. The van der Waals surface area contributed by atoms with Crippen LogP contribution in [0.15, 0.2) is 18.2 Å². The summed E-state index contributed by atoms with van der Waals surface area (Å²) < 4.78 is 11.5. The van der Waals surface area contributed by atoms with Crippen molar-refractivity contribution in [2.75, 3.05) is 11.9 Å². The summed E-state index contributed by atoms with van der Waals surface area (Å²) in [5.41, 5.74) is 0.992. The van der Waals surface area contributed by atoms with Gasteiger partial charge in [-0.2, -0.15) is 0 Å². The number of carbonyl (C=O) groups excluding carboxylic acids is 1. The van der Waals surface area contributed by atoms with Crippen molar-refractivity contribution in [1.82, 2.24) is 0 Å². The molecule has 1 aromatic rings. The molecule has 0 bridgehead atoms. The highest BCUT2D eigenvalue weighted by Gasteiger charge is 2.32. The van der Waals surface area contributed by atoms with E-state index < -0.39 is 5.60 Å². The Labute approximate surface area is 140 Å². The molecule has 0 aliphatic carbocycles. The number of hydrogen-bond donors (Lipinski definition) is 1. The monoisotopic (exact) mass is 321 g/mol. The molecule has 0 spiro atoms. The second-order valence-corrected chi connectivity index (χ2v) is 6.18. The van der Waals surface area contributed by atoms with Gasteiger partial charge >= 0.3 is 0 Å². The highest BCUT2D eigenvalue weighted by Crippen LogP contribution is 2.25. The number of anilines is 1. The molecule has 0 fully saturated rings. The quantitative estimate of drug-likeness (QED) is 0.717.